The highest BCUT2D eigenvalue weighted by Gasteiger charge is 2.27. The van der Waals surface area contributed by atoms with Crippen molar-refractivity contribution >= 4 is 11.9 Å². The van der Waals surface area contributed by atoms with Crippen molar-refractivity contribution < 1.29 is 9.53 Å². The van der Waals surface area contributed by atoms with Crippen molar-refractivity contribution in [2.24, 2.45) is 18.0 Å². The average molecular weight is 322 g/mol. The molecule has 8 heteroatoms. The number of aromatic nitrogens is 3. The number of rotatable bonds is 4. The van der Waals surface area contributed by atoms with Gasteiger partial charge in [-0.3, -0.25) is 4.79 Å². The maximum atomic E-state index is 11.6. The van der Waals surface area contributed by atoms with Gasteiger partial charge in [0.25, 0.3) is 0 Å². The van der Waals surface area contributed by atoms with Crippen molar-refractivity contribution in [1.29, 1.82) is 0 Å². The Morgan fingerprint density at radius 1 is 1.39 bits per heavy atom. The van der Waals surface area contributed by atoms with Crippen molar-refractivity contribution in [3.05, 3.63) is 11.6 Å². The molecule has 0 radical (unpaired) electrons. The molecule has 8 nitrogen and oxygen atoms in total. The van der Waals surface area contributed by atoms with Crippen LogP contribution in [-0.4, -0.2) is 58.3 Å². The number of hydrogen-bond acceptors (Lipinski definition) is 5. The highest BCUT2D eigenvalue weighted by Crippen LogP contribution is 2.18. The van der Waals surface area contributed by atoms with Gasteiger partial charge >= 0.3 is 5.97 Å². The molecule has 1 N–H and O–H groups in total. The smallest absolute Gasteiger partial charge is 0.308 e. The van der Waals surface area contributed by atoms with E-state index in [1.807, 2.05) is 25.5 Å². The normalized spacial score (nSPS) is 16.5. The number of nitrogens with one attached hydrogen (secondary N) is 1. The minimum atomic E-state index is -0.110. The first-order valence-corrected chi connectivity index (χ1v) is 8.02. The number of aliphatic imine (C=N–C) groups is 1. The average Bonchev–Trinajstić information content (AvgIpc) is 2.90. The zero-order valence-electron chi connectivity index (χ0n) is 14.4. The van der Waals surface area contributed by atoms with Gasteiger partial charge in [-0.2, -0.15) is 0 Å². The van der Waals surface area contributed by atoms with Crippen LogP contribution in [0.1, 0.15) is 31.4 Å². The summed E-state index contributed by atoms with van der Waals surface area (Å²) in [5, 5.41) is 11.5. The zero-order chi connectivity index (χ0) is 16.8. The van der Waals surface area contributed by atoms with E-state index in [2.05, 4.69) is 25.4 Å². The van der Waals surface area contributed by atoms with Gasteiger partial charge in [0.1, 0.15) is 12.4 Å². The highest BCUT2D eigenvalue weighted by molar-refractivity contribution is 5.80. The summed E-state index contributed by atoms with van der Waals surface area (Å²) < 4.78 is 6.77. The molecule has 0 spiro atoms. The largest absolute Gasteiger partial charge is 0.469 e. The summed E-state index contributed by atoms with van der Waals surface area (Å²) in [7, 11) is 3.39. The number of ether oxygens (including phenoxy) is 1. The van der Waals surface area contributed by atoms with Gasteiger partial charge in [0, 0.05) is 26.7 Å². The lowest BCUT2D eigenvalue weighted by Gasteiger charge is -2.33. The maximum Gasteiger partial charge on any atom is 0.308 e. The number of guanidine groups is 1. The van der Waals surface area contributed by atoms with Crippen LogP contribution in [0.2, 0.25) is 0 Å². The van der Waals surface area contributed by atoms with Crippen LogP contribution in [0.3, 0.4) is 0 Å². The van der Waals surface area contributed by atoms with E-state index in [1.54, 1.807) is 0 Å². The van der Waals surface area contributed by atoms with E-state index >= 15 is 0 Å². The third-order valence-corrected chi connectivity index (χ3v) is 4.22. The monoisotopic (exact) mass is 322 g/mol. The van der Waals surface area contributed by atoms with Crippen molar-refractivity contribution in [1.82, 2.24) is 25.0 Å². The van der Waals surface area contributed by atoms with Gasteiger partial charge in [0.2, 0.25) is 0 Å². The Morgan fingerprint density at radius 3 is 2.61 bits per heavy atom. The number of likely N-dealkylation sites (tertiary alicyclic amines) is 1. The van der Waals surface area contributed by atoms with Crippen molar-refractivity contribution in [2.45, 2.75) is 33.2 Å². The second-order valence-electron chi connectivity index (χ2n) is 5.68. The van der Waals surface area contributed by atoms with Gasteiger partial charge in [-0.25, -0.2) is 4.99 Å². The van der Waals surface area contributed by atoms with E-state index in [1.165, 1.54) is 7.11 Å². The lowest BCUT2D eigenvalue weighted by molar-refractivity contribution is -0.146. The Hall–Kier alpha value is -2.12. The maximum absolute atomic E-state index is 11.6. The third kappa shape index (κ3) is 4.20. The van der Waals surface area contributed by atoms with E-state index in [0.717, 1.165) is 50.1 Å². The Kier molecular flexibility index (Phi) is 5.95. The molecular weight excluding hydrogens is 296 g/mol. The molecule has 0 saturated carbocycles. The summed E-state index contributed by atoms with van der Waals surface area (Å²) in [6.07, 6.45) is 1.58. The molecular formula is C15H26N6O2. The number of methoxy groups -OCH3 is 1. The summed E-state index contributed by atoms with van der Waals surface area (Å²) in [6.45, 7) is 6.84. The fourth-order valence-corrected chi connectivity index (χ4v) is 2.65. The molecule has 0 unspecified atom stereocenters. The number of carbonyl (C=O) groups is 1. The first-order chi connectivity index (χ1) is 11.1. The fraction of sp³-hybridized carbons (Fsp3) is 0.733. The third-order valence-electron chi connectivity index (χ3n) is 4.22. The lowest BCUT2D eigenvalue weighted by Crippen LogP contribution is -2.46. The summed E-state index contributed by atoms with van der Waals surface area (Å²) in [5.74, 6) is 2.46. The molecule has 2 rings (SSSR count). The van der Waals surface area contributed by atoms with Crippen molar-refractivity contribution in [3.63, 3.8) is 0 Å². The second-order valence-corrected chi connectivity index (χ2v) is 5.68. The van der Waals surface area contributed by atoms with Crippen LogP contribution in [0.4, 0.5) is 0 Å². The molecule has 1 saturated heterocycles. The van der Waals surface area contributed by atoms with Crippen LogP contribution in [0.5, 0.6) is 0 Å². The molecule has 0 amide bonds. The molecule has 1 fully saturated rings. The van der Waals surface area contributed by atoms with Crippen LogP contribution >= 0.6 is 0 Å². The number of esters is 1. The number of aryl methyl sites for hydroxylation is 1. The Balaban J connectivity index is 2.00. The van der Waals surface area contributed by atoms with Gasteiger partial charge < -0.3 is 19.5 Å². The van der Waals surface area contributed by atoms with E-state index in [0.29, 0.717) is 6.54 Å². The van der Waals surface area contributed by atoms with Crippen molar-refractivity contribution in [2.75, 3.05) is 26.7 Å². The van der Waals surface area contributed by atoms with E-state index in [9.17, 15) is 4.79 Å². The van der Waals surface area contributed by atoms with Gasteiger partial charge in [0.05, 0.1) is 13.0 Å². The topological polar surface area (TPSA) is 84.6 Å². The molecule has 2 heterocycles. The predicted octanol–water partition coefficient (Wildman–Crippen LogP) is 0.474. The summed E-state index contributed by atoms with van der Waals surface area (Å²) in [6, 6.07) is 0. The van der Waals surface area contributed by atoms with Crippen LogP contribution in [0.25, 0.3) is 0 Å². The van der Waals surface area contributed by atoms with Crippen LogP contribution < -0.4 is 5.32 Å². The molecule has 1 aromatic rings. The first kappa shape index (κ1) is 17.2. The first-order valence-electron chi connectivity index (χ1n) is 8.02. The predicted molar refractivity (Wildman–Crippen MR) is 86.9 cm³/mol. The van der Waals surface area contributed by atoms with Crippen LogP contribution in [-0.2, 0) is 23.1 Å². The molecule has 0 bridgehead atoms. The quantitative estimate of drug-likeness (QED) is 0.493. The molecule has 23 heavy (non-hydrogen) atoms. The van der Waals surface area contributed by atoms with Crippen LogP contribution in [0.15, 0.2) is 4.99 Å². The number of carbonyl (C=O) groups excluding carboxylic acids is 1. The molecule has 0 atom stereocenters. The molecule has 1 aliphatic heterocycles. The SMILES string of the molecule is CCNC(=NCc1nnc(C)n1C)N1CCC(C(=O)OC)CC1. The standard InChI is InChI=1S/C15H26N6O2/c1-5-16-15(17-10-13-19-18-11(2)20(13)3)21-8-6-12(7-9-21)14(22)23-4/h12H,5-10H2,1-4H3,(H,16,17). The van der Waals surface area contributed by atoms with E-state index in [-0.39, 0.29) is 11.9 Å². The minimum Gasteiger partial charge on any atom is -0.469 e. The van der Waals surface area contributed by atoms with Crippen molar-refractivity contribution in [3.8, 4) is 0 Å². The van der Waals surface area contributed by atoms with Crippen LogP contribution in [0, 0.1) is 12.8 Å². The Labute approximate surface area is 136 Å². The number of hydrogen-bond donors (Lipinski definition) is 1. The van der Waals surface area contributed by atoms with Gasteiger partial charge in [-0.1, -0.05) is 0 Å². The second kappa shape index (κ2) is 7.94. The molecule has 0 aromatic carbocycles. The summed E-state index contributed by atoms with van der Waals surface area (Å²) in [5.41, 5.74) is 0. The zero-order valence-corrected chi connectivity index (χ0v) is 14.4. The Bertz CT molecular complexity index is 560. The fourth-order valence-electron chi connectivity index (χ4n) is 2.65. The van der Waals surface area contributed by atoms with E-state index in [4.69, 9.17) is 4.74 Å². The minimum absolute atomic E-state index is 0.000478. The van der Waals surface area contributed by atoms with Gasteiger partial charge in [-0.05, 0) is 26.7 Å². The lowest BCUT2D eigenvalue weighted by atomic mass is 9.97. The highest BCUT2D eigenvalue weighted by atomic mass is 16.5. The van der Waals surface area contributed by atoms with Gasteiger partial charge in [-0.15, -0.1) is 10.2 Å². The molecule has 1 aliphatic rings. The van der Waals surface area contributed by atoms with E-state index < -0.39 is 0 Å². The number of piperidine rings is 1. The Morgan fingerprint density at radius 2 is 2.09 bits per heavy atom. The summed E-state index contributed by atoms with van der Waals surface area (Å²) >= 11 is 0. The molecule has 0 aliphatic carbocycles. The summed E-state index contributed by atoms with van der Waals surface area (Å²) in [4.78, 5) is 18.5. The molecule has 128 valence electrons. The van der Waals surface area contributed by atoms with Gasteiger partial charge in [0.15, 0.2) is 11.8 Å². The number of nitrogens with zero attached hydrogens (tertiary/aromatic N) is 5. The molecule has 1 aromatic heterocycles.